The van der Waals surface area contributed by atoms with Gasteiger partial charge in [-0.25, -0.2) is 9.37 Å². The number of nitrogens with zero attached hydrogens (tertiary/aromatic N) is 1. The Labute approximate surface area is 165 Å². The third kappa shape index (κ3) is 5.59. The van der Waals surface area contributed by atoms with E-state index in [9.17, 15) is 14.0 Å². The first kappa shape index (κ1) is 19.4. The van der Waals surface area contributed by atoms with Crippen LogP contribution in [-0.2, 0) is 11.3 Å². The molecule has 0 spiro atoms. The molecule has 0 aliphatic carbocycles. The van der Waals surface area contributed by atoms with Crippen LogP contribution >= 0.6 is 11.3 Å². The fraction of sp³-hybridized carbons (Fsp3) is 0.0952. The van der Waals surface area contributed by atoms with E-state index in [1.807, 2.05) is 17.5 Å². The first-order valence-electron chi connectivity index (χ1n) is 8.53. The number of amides is 1. The van der Waals surface area contributed by atoms with E-state index in [1.54, 1.807) is 30.3 Å². The number of ketones is 1. The Morgan fingerprint density at radius 3 is 2.50 bits per heavy atom. The molecule has 1 aromatic heterocycles. The quantitative estimate of drug-likeness (QED) is 0.455. The Balaban J connectivity index is 1.50. The topological polar surface area (TPSA) is 71.1 Å². The van der Waals surface area contributed by atoms with E-state index in [-0.39, 0.29) is 17.5 Å². The van der Waals surface area contributed by atoms with Crippen molar-refractivity contribution in [1.29, 1.82) is 0 Å². The molecule has 0 fully saturated rings. The van der Waals surface area contributed by atoms with E-state index in [2.05, 4.69) is 15.6 Å². The van der Waals surface area contributed by atoms with Crippen molar-refractivity contribution in [2.75, 3.05) is 5.32 Å². The van der Waals surface area contributed by atoms with Crippen molar-refractivity contribution in [1.82, 2.24) is 10.3 Å². The maximum atomic E-state index is 12.9. The van der Waals surface area contributed by atoms with Crippen LogP contribution in [0.25, 0.3) is 6.08 Å². The van der Waals surface area contributed by atoms with Gasteiger partial charge in [0.05, 0.1) is 12.2 Å². The van der Waals surface area contributed by atoms with Gasteiger partial charge >= 0.3 is 0 Å². The molecule has 1 amide bonds. The number of benzene rings is 2. The number of rotatable bonds is 7. The number of anilines is 2. The van der Waals surface area contributed by atoms with E-state index in [4.69, 9.17) is 0 Å². The Hall–Kier alpha value is -3.32. The van der Waals surface area contributed by atoms with E-state index in [1.165, 1.54) is 36.5 Å². The van der Waals surface area contributed by atoms with Gasteiger partial charge in [0.15, 0.2) is 10.9 Å². The standard InChI is InChI=1S/C21H18FN3O2S/c1-14(26)16-5-9-18(10-6-16)24-21-25-19(13-28-21)12-23-20(27)11-4-15-2-7-17(22)8-3-15/h2-11,13H,12H2,1H3,(H,23,27)(H,24,25)/b11-4+. The Bertz CT molecular complexity index is 995. The molecule has 7 heteroatoms. The van der Waals surface area contributed by atoms with Crippen LogP contribution in [-0.4, -0.2) is 16.7 Å². The van der Waals surface area contributed by atoms with Crippen molar-refractivity contribution in [2.45, 2.75) is 13.5 Å². The molecule has 3 rings (SSSR count). The lowest BCUT2D eigenvalue weighted by molar-refractivity contribution is -0.116. The summed E-state index contributed by atoms with van der Waals surface area (Å²) >= 11 is 1.42. The summed E-state index contributed by atoms with van der Waals surface area (Å²) in [6.45, 7) is 1.83. The van der Waals surface area contributed by atoms with Gasteiger partial charge in [0.25, 0.3) is 0 Å². The highest BCUT2D eigenvalue weighted by atomic mass is 32.1. The van der Waals surface area contributed by atoms with Crippen molar-refractivity contribution in [2.24, 2.45) is 0 Å². The highest BCUT2D eigenvalue weighted by Gasteiger charge is 2.05. The summed E-state index contributed by atoms with van der Waals surface area (Å²) in [6.07, 6.45) is 3.02. The number of hydrogen-bond donors (Lipinski definition) is 2. The molecule has 5 nitrogen and oxygen atoms in total. The number of aromatic nitrogens is 1. The van der Waals surface area contributed by atoms with Crippen molar-refractivity contribution in [3.8, 4) is 0 Å². The second kappa shape index (κ2) is 9.05. The summed E-state index contributed by atoms with van der Waals surface area (Å²) in [5.41, 5.74) is 2.96. The molecule has 0 radical (unpaired) electrons. The molecule has 0 aliphatic rings. The van der Waals surface area contributed by atoms with Crippen LogP contribution in [0.4, 0.5) is 15.2 Å². The van der Waals surface area contributed by atoms with E-state index >= 15 is 0 Å². The molecule has 0 saturated carbocycles. The SMILES string of the molecule is CC(=O)c1ccc(Nc2nc(CNC(=O)/C=C/c3ccc(F)cc3)cs2)cc1. The van der Waals surface area contributed by atoms with Gasteiger partial charge in [-0.2, -0.15) is 0 Å². The summed E-state index contributed by atoms with van der Waals surface area (Å²) in [5.74, 6) is -0.552. The number of Topliss-reactive ketones (excluding diaryl/α,β-unsaturated/α-hetero) is 1. The van der Waals surface area contributed by atoms with Gasteiger partial charge in [-0.15, -0.1) is 11.3 Å². The molecule has 2 N–H and O–H groups in total. The largest absolute Gasteiger partial charge is 0.347 e. The third-order valence-corrected chi connectivity index (χ3v) is 4.64. The highest BCUT2D eigenvalue weighted by molar-refractivity contribution is 7.13. The molecule has 28 heavy (non-hydrogen) atoms. The fourth-order valence-electron chi connectivity index (χ4n) is 2.34. The number of carbonyl (C=O) groups is 2. The molecule has 0 bridgehead atoms. The van der Waals surface area contributed by atoms with Crippen molar-refractivity contribution in [3.63, 3.8) is 0 Å². The maximum Gasteiger partial charge on any atom is 0.244 e. The summed E-state index contributed by atoms with van der Waals surface area (Å²) in [4.78, 5) is 27.6. The zero-order valence-corrected chi connectivity index (χ0v) is 15.9. The van der Waals surface area contributed by atoms with E-state index < -0.39 is 0 Å². The van der Waals surface area contributed by atoms with Crippen molar-refractivity contribution < 1.29 is 14.0 Å². The third-order valence-electron chi connectivity index (χ3n) is 3.84. The zero-order valence-electron chi connectivity index (χ0n) is 15.1. The predicted molar refractivity (Wildman–Crippen MR) is 109 cm³/mol. The summed E-state index contributed by atoms with van der Waals surface area (Å²) < 4.78 is 12.9. The Morgan fingerprint density at radius 2 is 1.82 bits per heavy atom. The van der Waals surface area contributed by atoms with Crippen molar-refractivity contribution in [3.05, 3.63) is 82.6 Å². The van der Waals surface area contributed by atoms with Crippen LogP contribution < -0.4 is 10.6 Å². The second-order valence-electron chi connectivity index (χ2n) is 6.01. The monoisotopic (exact) mass is 395 g/mol. The van der Waals surface area contributed by atoms with Gasteiger partial charge in [-0.1, -0.05) is 12.1 Å². The van der Waals surface area contributed by atoms with Gasteiger partial charge in [-0.3, -0.25) is 9.59 Å². The first-order valence-corrected chi connectivity index (χ1v) is 9.41. The first-order chi connectivity index (χ1) is 13.5. The van der Waals surface area contributed by atoms with Crippen molar-refractivity contribution >= 4 is 39.9 Å². The average molecular weight is 395 g/mol. The number of carbonyl (C=O) groups excluding carboxylic acids is 2. The number of thiazole rings is 1. The van der Waals surface area contributed by atoms with Crippen LogP contribution in [0.15, 0.2) is 60.0 Å². The lowest BCUT2D eigenvalue weighted by Crippen LogP contribution is -2.20. The summed E-state index contributed by atoms with van der Waals surface area (Å²) in [6, 6.07) is 13.0. The van der Waals surface area contributed by atoms with Gasteiger partial charge < -0.3 is 10.6 Å². The molecule has 0 aliphatic heterocycles. The Morgan fingerprint density at radius 1 is 1.11 bits per heavy atom. The van der Waals surface area contributed by atoms with Crippen LogP contribution in [0.5, 0.6) is 0 Å². The molecular weight excluding hydrogens is 377 g/mol. The number of hydrogen-bond acceptors (Lipinski definition) is 5. The minimum Gasteiger partial charge on any atom is -0.347 e. The number of halogens is 1. The maximum absolute atomic E-state index is 12.9. The van der Waals surface area contributed by atoms with Crippen LogP contribution in [0.1, 0.15) is 28.5 Å². The van der Waals surface area contributed by atoms with Crippen LogP contribution in [0, 0.1) is 5.82 Å². The van der Waals surface area contributed by atoms with Gasteiger partial charge in [0.1, 0.15) is 5.82 Å². The smallest absolute Gasteiger partial charge is 0.244 e. The molecule has 142 valence electrons. The molecule has 0 unspecified atom stereocenters. The molecule has 1 heterocycles. The summed E-state index contributed by atoms with van der Waals surface area (Å²) in [7, 11) is 0. The molecule has 2 aromatic carbocycles. The van der Waals surface area contributed by atoms with Gasteiger partial charge in [-0.05, 0) is 55.0 Å². The normalized spacial score (nSPS) is 10.8. The predicted octanol–water partition coefficient (Wildman–Crippen LogP) is 4.56. The van der Waals surface area contributed by atoms with E-state index in [0.29, 0.717) is 17.2 Å². The zero-order chi connectivity index (χ0) is 19.9. The van der Waals surface area contributed by atoms with E-state index in [0.717, 1.165) is 16.9 Å². The second-order valence-corrected chi connectivity index (χ2v) is 6.86. The average Bonchev–Trinajstić information content (AvgIpc) is 3.13. The highest BCUT2D eigenvalue weighted by Crippen LogP contribution is 2.21. The van der Waals surface area contributed by atoms with Crippen LogP contribution in [0.2, 0.25) is 0 Å². The lowest BCUT2D eigenvalue weighted by atomic mass is 10.1. The lowest BCUT2D eigenvalue weighted by Gasteiger charge is -2.03. The molecule has 0 atom stereocenters. The van der Waals surface area contributed by atoms with Crippen LogP contribution in [0.3, 0.4) is 0 Å². The minimum absolute atomic E-state index is 0.0207. The molecule has 0 saturated heterocycles. The van der Waals surface area contributed by atoms with Gasteiger partial charge in [0, 0.05) is 22.7 Å². The van der Waals surface area contributed by atoms with Gasteiger partial charge in [0.2, 0.25) is 5.91 Å². The number of nitrogens with one attached hydrogen (secondary N) is 2. The summed E-state index contributed by atoms with van der Waals surface area (Å²) in [5, 5.41) is 8.48. The minimum atomic E-state index is -0.315. The molecule has 3 aromatic rings. The Kier molecular flexibility index (Phi) is 6.29. The molecular formula is C21H18FN3O2S. The fourth-order valence-corrected chi connectivity index (χ4v) is 3.07.